The van der Waals surface area contributed by atoms with Gasteiger partial charge in [0.1, 0.15) is 5.82 Å². The molecule has 1 aromatic rings. The SMILES string of the molecule is CCCC(Cc1cccc(F)c1Cl)(C(=O)O)C(=O)OCC. The van der Waals surface area contributed by atoms with E-state index >= 15 is 0 Å². The van der Waals surface area contributed by atoms with Crippen molar-refractivity contribution in [2.45, 2.75) is 33.1 Å². The van der Waals surface area contributed by atoms with Gasteiger partial charge in [0.05, 0.1) is 11.6 Å². The van der Waals surface area contributed by atoms with Crippen LogP contribution in [0.25, 0.3) is 0 Å². The van der Waals surface area contributed by atoms with E-state index in [9.17, 15) is 19.1 Å². The highest BCUT2D eigenvalue weighted by Crippen LogP contribution is 2.34. The van der Waals surface area contributed by atoms with Gasteiger partial charge in [0.25, 0.3) is 0 Å². The van der Waals surface area contributed by atoms with Crippen molar-refractivity contribution >= 4 is 23.5 Å². The van der Waals surface area contributed by atoms with Crippen LogP contribution in [-0.2, 0) is 20.7 Å². The molecule has 116 valence electrons. The largest absolute Gasteiger partial charge is 0.480 e. The van der Waals surface area contributed by atoms with Crippen LogP contribution in [0.2, 0.25) is 5.02 Å². The van der Waals surface area contributed by atoms with Crippen molar-refractivity contribution in [1.29, 1.82) is 0 Å². The minimum absolute atomic E-state index is 0.0778. The molecular formula is C15H18ClFO4. The summed E-state index contributed by atoms with van der Waals surface area (Å²) < 4.78 is 18.4. The first-order valence-corrected chi connectivity index (χ1v) is 7.10. The van der Waals surface area contributed by atoms with E-state index in [-0.39, 0.29) is 30.0 Å². The lowest BCUT2D eigenvalue weighted by Gasteiger charge is -2.27. The maximum Gasteiger partial charge on any atom is 0.323 e. The fraction of sp³-hybridized carbons (Fsp3) is 0.467. The lowest BCUT2D eigenvalue weighted by Crippen LogP contribution is -2.42. The number of aliphatic carboxylic acids is 1. The van der Waals surface area contributed by atoms with Gasteiger partial charge in [-0.3, -0.25) is 9.59 Å². The second-order valence-corrected chi connectivity index (χ2v) is 5.13. The average Bonchev–Trinajstić information content (AvgIpc) is 2.43. The van der Waals surface area contributed by atoms with Gasteiger partial charge in [-0.1, -0.05) is 37.1 Å². The second kappa shape index (κ2) is 7.41. The smallest absolute Gasteiger partial charge is 0.323 e. The molecule has 6 heteroatoms. The van der Waals surface area contributed by atoms with Crippen LogP contribution in [0.1, 0.15) is 32.3 Å². The third kappa shape index (κ3) is 3.73. The molecule has 0 fully saturated rings. The Morgan fingerprint density at radius 2 is 2.05 bits per heavy atom. The molecule has 1 aromatic carbocycles. The highest BCUT2D eigenvalue weighted by molar-refractivity contribution is 6.31. The van der Waals surface area contributed by atoms with Crippen LogP contribution in [-0.4, -0.2) is 23.7 Å². The van der Waals surface area contributed by atoms with Gasteiger partial charge in [0.2, 0.25) is 0 Å². The topological polar surface area (TPSA) is 63.6 Å². The summed E-state index contributed by atoms with van der Waals surface area (Å²) in [7, 11) is 0. The van der Waals surface area contributed by atoms with Crippen LogP contribution in [0.4, 0.5) is 4.39 Å². The molecule has 0 aromatic heterocycles. The Hall–Kier alpha value is -1.62. The molecule has 0 saturated heterocycles. The lowest BCUT2D eigenvalue weighted by atomic mass is 9.77. The summed E-state index contributed by atoms with van der Waals surface area (Å²) in [5.41, 5.74) is -1.47. The summed E-state index contributed by atoms with van der Waals surface area (Å²) in [5.74, 6) is -2.75. The average molecular weight is 317 g/mol. The first-order valence-electron chi connectivity index (χ1n) is 6.72. The van der Waals surface area contributed by atoms with E-state index in [0.717, 1.165) is 0 Å². The number of esters is 1. The molecule has 21 heavy (non-hydrogen) atoms. The van der Waals surface area contributed by atoms with Gasteiger partial charge >= 0.3 is 11.9 Å². The minimum atomic E-state index is -1.75. The highest BCUT2D eigenvalue weighted by atomic mass is 35.5. The van der Waals surface area contributed by atoms with Crippen molar-refractivity contribution in [3.05, 3.63) is 34.6 Å². The number of halogens is 2. The lowest BCUT2D eigenvalue weighted by molar-refractivity contribution is -0.169. The Balaban J connectivity index is 3.26. The molecule has 0 aliphatic heterocycles. The molecule has 4 nitrogen and oxygen atoms in total. The van der Waals surface area contributed by atoms with Crippen molar-refractivity contribution in [2.24, 2.45) is 5.41 Å². The zero-order valence-corrected chi connectivity index (χ0v) is 12.7. The van der Waals surface area contributed by atoms with Gasteiger partial charge in [-0.25, -0.2) is 4.39 Å². The van der Waals surface area contributed by atoms with Crippen molar-refractivity contribution in [3.63, 3.8) is 0 Å². The normalized spacial score (nSPS) is 13.5. The van der Waals surface area contributed by atoms with Crippen molar-refractivity contribution in [1.82, 2.24) is 0 Å². The summed E-state index contributed by atoms with van der Waals surface area (Å²) >= 11 is 5.87. The molecule has 1 rings (SSSR count). The van der Waals surface area contributed by atoms with E-state index in [4.69, 9.17) is 16.3 Å². The number of carboxylic acids is 1. The van der Waals surface area contributed by atoms with Gasteiger partial charge in [-0.15, -0.1) is 0 Å². The Morgan fingerprint density at radius 1 is 1.38 bits per heavy atom. The molecule has 0 bridgehead atoms. The van der Waals surface area contributed by atoms with Gasteiger partial charge in [-0.05, 0) is 25.0 Å². The zero-order chi connectivity index (χ0) is 16.0. The Kier molecular flexibility index (Phi) is 6.15. The third-order valence-electron chi connectivity index (χ3n) is 3.28. The van der Waals surface area contributed by atoms with Crippen LogP contribution in [0.15, 0.2) is 18.2 Å². The van der Waals surface area contributed by atoms with Gasteiger partial charge in [0, 0.05) is 6.42 Å². The zero-order valence-electron chi connectivity index (χ0n) is 12.0. The van der Waals surface area contributed by atoms with E-state index in [0.29, 0.717) is 6.42 Å². The van der Waals surface area contributed by atoms with Crippen molar-refractivity contribution in [2.75, 3.05) is 6.61 Å². The van der Waals surface area contributed by atoms with Gasteiger partial charge in [-0.2, -0.15) is 0 Å². The van der Waals surface area contributed by atoms with Crippen molar-refractivity contribution < 1.29 is 23.8 Å². The van der Waals surface area contributed by atoms with Crippen LogP contribution in [0.5, 0.6) is 0 Å². The molecule has 0 saturated carbocycles. The number of ether oxygens (including phenoxy) is 1. The predicted octanol–water partition coefficient (Wildman–Crippen LogP) is 3.46. The number of hydrogen-bond donors (Lipinski definition) is 1. The van der Waals surface area contributed by atoms with E-state index in [2.05, 4.69) is 0 Å². The maximum absolute atomic E-state index is 13.5. The number of benzene rings is 1. The monoisotopic (exact) mass is 316 g/mol. The van der Waals surface area contributed by atoms with Crippen LogP contribution < -0.4 is 0 Å². The molecule has 1 unspecified atom stereocenters. The standard InChI is InChI=1S/C15H18ClFO4/c1-3-8-15(13(18)19,14(20)21-4-2)9-10-6-5-7-11(17)12(10)16/h5-7H,3-4,8-9H2,1-2H3,(H,18,19). The predicted molar refractivity (Wildman–Crippen MR) is 76.7 cm³/mol. The first kappa shape index (κ1) is 17.4. The second-order valence-electron chi connectivity index (χ2n) is 4.75. The summed E-state index contributed by atoms with van der Waals surface area (Å²) in [6.45, 7) is 3.45. The summed E-state index contributed by atoms with van der Waals surface area (Å²) in [6.07, 6.45) is 0.359. The molecule has 0 amide bonds. The van der Waals surface area contributed by atoms with E-state index in [1.807, 2.05) is 0 Å². The minimum Gasteiger partial charge on any atom is -0.480 e. The summed E-state index contributed by atoms with van der Waals surface area (Å²) in [6, 6.07) is 4.12. The molecule has 0 heterocycles. The quantitative estimate of drug-likeness (QED) is 0.618. The molecular weight excluding hydrogens is 299 g/mol. The number of carbonyl (C=O) groups excluding carboxylic acids is 1. The molecule has 1 atom stereocenters. The van der Waals surface area contributed by atoms with Gasteiger partial charge < -0.3 is 9.84 Å². The van der Waals surface area contributed by atoms with E-state index in [1.165, 1.54) is 18.2 Å². The fourth-order valence-electron chi connectivity index (χ4n) is 2.24. The number of hydrogen-bond acceptors (Lipinski definition) is 3. The summed E-state index contributed by atoms with van der Waals surface area (Å²) in [5, 5.41) is 9.37. The van der Waals surface area contributed by atoms with E-state index in [1.54, 1.807) is 13.8 Å². The molecule has 0 radical (unpaired) electrons. The van der Waals surface area contributed by atoms with Gasteiger partial charge in [0.15, 0.2) is 5.41 Å². The molecule has 0 spiro atoms. The fourth-order valence-corrected chi connectivity index (χ4v) is 2.43. The molecule has 0 aliphatic rings. The number of carboxylic acid groups (broad SMARTS) is 1. The molecule has 0 aliphatic carbocycles. The summed E-state index contributed by atoms with van der Waals surface area (Å²) in [4.78, 5) is 23.8. The van der Waals surface area contributed by atoms with Crippen LogP contribution in [0.3, 0.4) is 0 Å². The van der Waals surface area contributed by atoms with E-state index < -0.39 is 23.2 Å². The Bertz CT molecular complexity index is 532. The Morgan fingerprint density at radius 3 is 2.57 bits per heavy atom. The molecule has 1 N–H and O–H groups in total. The number of rotatable bonds is 7. The number of carbonyl (C=O) groups is 2. The van der Waals surface area contributed by atoms with Crippen LogP contribution >= 0.6 is 11.6 Å². The van der Waals surface area contributed by atoms with Crippen LogP contribution in [0, 0.1) is 11.2 Å². The maximum atomic E-state index is 13.5. The van der Waals surface area contributed by atoms with Crippen molar-refractivity contribution in [3.8, 4) is 0 Å². The Labute approximate surface area is 127 Å². The third-order valence-corrected chi connectivity index (χ3v) is 3.70. The highest BCUT2D eigenvalue weighted by Gasteiger charge is 2.47. The first-order chi connectivity index (χ1) is 9.89.